The summed E-state index contributed by atoms with van der Waals surface area (Å²) in [4.78, 5) is 18.9. The molecule has 132 valence electrons. The first-order chi connectivity index (χ1) is 12.1. The van der Waals surface area contributed by atoms with E-state index in [0.29, 0.717) is 37.5 Å². The number of rotatable bonds is 2. The van der Waals surface area contributed by atoms with Crippen LogP contribution < -0.4 is 0 Å². The van der Waals surface area contributed by atoms with Gasteiger partial charge in [0, 0.05) is 42.3 Å². The molecule has 3 heterocycles. The van der Waals surface area contributed by atoms with Gasteiger partial charge in [0.05, 0.1) is 5.60 Å². The van der Waals surface area contributed by atoms with Gasteiger partial charge in [-0.3, -0.25) is 14.9 Å². The molecule has 0 unspecified atom stereocenters. The molecule has 1 aliphatic heterocycles. The molecule has 1 aliphatic carbocycles. The number of H-pyrrole nitrogens is 1. The highest BCUT2D eigenvalue weighted by Gasteiger charge is 2.37. The number of fused-ring (bicyclic) bond motifs is 1. The standard InChI is InChI=1S/C19H24N4O2/c1-13-4-5-16-15(11-13)17(22-21-16)18(24)23-9-6-19(25,7-10-23)14-3-2-8-20-12-14/h2-3,8,12-13,25H,4-7,9-11H2,1H3,(H,21,22)/t13-/m0/s1. The van der Waals surface area contributed by atoms with Gasteiger partial charge in [0.15, 0.2) is 5.69 Å². The summed E-state index contributed by atoms with van der Waals surface area (Å²) in [5.41, 5.74) is 2.72. The summed E-state index contributed by atoms with van der Waals surface area (Å²) in [6.45, 7) is 3.28. The van der Waals surface area contributed by atoms with Crippen LogP contribution in [0.5, 0.6) is 0 Å². The van der Waals surface area contributed by atoms with E-state index in [1.165, 1.54) is 0 Å². The van der Waals surface area contributed by atoms with Gasteiger partial charge in [-0.2, -0.15) is 5.10 Å². The molecule has 6 nitrogen and oxygen atoms in total. The van der Waals surface area contributed by atoms with E-state index in [4.69, 9.17) is 0 Å². The summed E-state index contributed by atoms with van der Waals surface area (Å²) >= 11 is 0. The summed E-state index contributed by atoms with van der Waals surface area (Å²) in [5, 5.41) is 18.3. The zero-order valence-corrected chi connectivity index (χ0v) is 14.5. The maximum Gasteiger partial charge on any atom is 0.274 e. The highest BCUT2D eigenvalue weighted by Crippen LogP contribution is 2.33. The Morgan fingerprint density at radius 3 is 2.92 bits per heavy atom. The van der Waals surface area contributed by atoms with Gasteiger partial charge < -0.3 is 10.0 Å². The lowest BCUT2D eigenvalue weighted by molar-refractivity contribution is -0.0215. The second-order valence-corrected chi connectivity index (χ2v) is 7.44. The van der Waals surface area contributed by atoms with Crippen LogP contribution in [0.2, 0.25) is 0 Å². The van der Waals surface area contributed by atoms with E-state index < -0.39 is 5.60 Å². The molecule has 0 saturated carbocycles. The Morgan fingerprint density at radius 1 is 1.40 bits per heavy atom. The zero-order valence-electron chi connectivity index (χ0n) is 14.5. The lowest BCUT2D eigenvalue weighted by Gasteiger charge is -2.38. The van der Waals surface area contributed by atoms with Crippen LogP contribution in [0.1, 0.15) is 53.5 Å². The monoisotopic (exact) mass is 340 g/mol. The van der Waals surface area contributed by atoms with Crippen molar-refractivity contribution < 1.29 is 9.90 Å². The number of aliphatic hydroxyl groups is 1. The first-order valence-corrected chi connectivity index (χ1v) is 9.05. The topological polar surface area (TPSA) is 82.1 Å². The van der Waals surface area contributed by atoms with E-state index >= 15 is 0 Å². The minimum absolute atomic E-state index is 0.0140. The summed E-state index contributed by atoms with van der Waals surface area (Å²) in [7, 11) is 0. The van der Waals surface area contributed by atoms with Crippen molar-refractivity contribution in [3.05, 3.63) is 47.0 Å². The normalized spacial score (nSPS) is 22.5. The molecule has 2 N–H and O–H groups in total. The number of hydrogen-bond acceptors (Lipinski definition) is 4. The maximum absolute atomic E-state index is 12.9. The lowest BCUT2D eigenvalue weighted by atomic mass is 9.85. The predicted octanol–water partition coefficient (Wildman–Crippen LogP) is 2.05. The van der Waals surface area contributed by atoms with E-state index in [-0.39, 0.29) is 5.91 Å². The molecule has 1 fully saturated rings. The van der Waals surface area contributed by atoms with Crippen molar-refractivity contribution in [3.63, 3.8) is 0 Å². The highest BCUT2D eigenvalue weighted by molar-refractivity contribution is 5.94. The fourth-order valence-corrected chi connectivity index (χ4v) is 4.00. The van der Waals surface area contributed by atoms with Gasteiger partial charge in [-0.15, -0.1) is 0 Å². The van der Waals surface area contributed by atoms with Crippen LogP contribution in [0.4, 0.5) is 0 Å². The molecule has 1 saturated heterocycles. The van der Waals surface area contributed by atoms with Gasteiger partial charge >= 0.3 is 0 Å². The van der Waals surface area contributed by atoms with Crippen molar-refractivity contribution in [3.8, 4) is 0 Å². The summed E-state index contributed by atoms with van der Waals surface area (Å²) in [5.74, 6) is 0.577. The highest BCUT2D eigenvalue weighted by atomic mass is 16.3. The second kappa shape index (κ2) is 6.26. The van der Waals surface area contributed by atoms with Gasteiger partial charge in [0.25, 0.3) is 5.91 Å². The van der Waals surface area contributed by atoms with E-state index in [2.05, 4.69) is 22.1 Å². The second-order valence-electron chi connectivity index (χ2n) is 7.44. The smallest absolute Gasteiger partial charge is 0.274 e. The maximum atomic E-state index is 12.9. The number of nitrogens with one attached hydrogen (secondary N) is 1. The summed E-state index contributed by atoms with van der Waals surface area (Å²) in [6, 6.07) is 3.73. The number of amides is 1. The Bertz CT molecular complexity index is 763. The minimum atomic E-state index is -0.898. The number of aromatic nitrogens is 3. The molecule has 2 aromatic rings. The van der Waals surface area contributed by atoms with Crippen molar-refractivity contribution in [2.45, 2.75) is 44.6 Å². The first kappa shape index (κ1) is 16.3. The van der Waals surface area contributed by atoms with Crippen LogP contribution in [0, 0.1) is 5.92 Å². The number of aromatic amines is 1. The number of carbonyl (C=O) groups is 1. The molecule has 0 aromatic carbocycles. The van der Waals surface area contributed by atoms with E-state index in [1.807, 2.05) is 17.0 Å². The van der Waals surface area contributed by atoms with E-state index in [1.54, 1.807) is 12.4 Å². The molecule has 2 aromatic heterocycles. The zero-order chi connectivity index (χ0) is 17.4. The molecule has 2 aliphatic rings. The molecular formula is C19H24N4O2. The third-order valence-electron chi connectivity index (χ3n) is 5.67. The number of pyridine rings is 1. The van der Waals surface area contributed by atoms with Gasteiger partial charge in [-0.25, -0.2) is 0 Å². The van der Waals surface area contributed by atoms with Crippen LogP contribution in [0.3, 0.4) is 0 Å². The number of carbonyl (C=O) groups excluding carboxylic acids is 1. The van der Waals surface area contributed by atoms with Crippen molar-refractivity contribution in [2.75, 3.05) is 13.1 Å². The van der Waals surface area contributed by atoms with Crippen molar-refractivity contribution in [2.24, 2.45) is 5.92 Å². The molecule has 0 spiro atoms. The average molecular weight is 340 g/mol. The molecule has 6 heteroatoms. The fourth-order valence-electron chi connectivity index (χ4n) is 4.00. The van der Waals surface area contributed by atoms with Gasteiger partial charge in [-0.1, -0.05) is 13.0 Å². The van der Waals surface area contributed by atoms with Crippen LogP contribution >= 0.6 is 0 Å². The van der Waals surface area contributed by atoms with Gasteiger partial charge in [0.2, 0.25) is 0 Å². The van der Waals surface area contributed by atoms with Crippen LogP contribution in [-0.2, 0) is 18.4 Å². The Labute approximate surface area is 147 Å². The number of nitrogens with zero attached hydrogens (tertiary/aromatic N) is 3. The quantitative estimate of drug-likeness (QED) is 0.877. The number of likely N-dealkylation sites (tertiary alicyclic amines) is 1. The molecule has 0 bridgehead atoms. The predicted molar refractivity (Wildman–Crippen MR) is 93.0 cm³/mol. The lowest BCUT2D eigenvalue weighted by Crippen LogP contribution is -2.45. The van der Waals surface area contributed by atoms with Crippen LogP contribution in [0.25, 0.3) is 0 Å². The number of aryl methyl sites for hydroxylation is 1. The van der Waals surface area contributed by atoms with E-state index in [0.717, 1.165) is 36.1 Å². The number of piperidine rings is 1. The largest absolute Gasteiger partial charge is 0.385 e. The number of hydrogen-bond donors (Lipinski definition) is 2. The molecule has 4 rings (SSSR count). The summed E-state index contributed by atoms with van der Waals surface area (Å²) in [6.07, 6.45) is 7.49. The molecule has 1 amide bonds. The van der Waals surface area contributed by atoms with Gasteiger partial charge in [-0.05, 0) is 44.1 Å². The SMILES string of the molecule is C[C@H]1CCc2[nH]nc(C(=O)N3CCC(O)(c4cccnc4)CC3)c2C1. The van der Waals surface area contributed by atoms with Crippen molar-refractivity contribution in [1.82, 2.24) is 20.1 Å². The minimum Gasteiger partial charge on any atom is -0.385 e. The van der Waals surface area contributed by atoms with E-state index in [9.17, 15) is 9.90 Å². The Balaban J connectivity index is 1.48. The molecule has 25 heavy (non-hydrogen) atoms. The Morgan fingerprint density at radius 2 is 2.20 bits per heavy atom. The first-order valence-electron chi connectivity index (χ1n) is 9.05. The van der Waals surface area contributed by atoms with Crippen LogP contribution in [0.15, 0.2) is 24.5 Å². The Hall–Kier alpha value is -2.21. The summed E-state index contributed by atoms with van der Waals surface area (Å²) < 4.78 is 0. The van der Waals surface area contributed by atoms with Gasteiger partial charge in [0.1, 0.15) is 0 Å². The molecule has 0 radical (unpaired) electrons. The van der Waals surface area contributed by atoms with Crippen molar-refractivity contribution in [1.29, 1.82) is 0 Å². The van der Waals surface area contributed by atoms with Crippen molar-refractivity contribution >= 4 is 5.91 Å². The molecular weight excluding hydrogens is 316 g/mol. The van der Waals surface area contributed by atoms with Crippen LogP contribution in [-0.4, -0.2) is 44.2 Å². The third kappa shape index (κ3) is 2.95. The Kier molecular flexibility index (Phi) is 4.07. The fraction of sp³-hybridized carbons (Fsp3) is 0.526. The molecule has 1 atom stereocenters. The average Bonchev–Trinajstić information content (AvgIpc) is 3.05. The third-order valence-corrected chi connectivity index (χ3v) is 5.67.